The Kier molecular flexibility index (Phi) is 2.98. The van der Waals surface area contributed by atoms with Crippen molar-refractivity contribution < 1.29 is 3.29 Å². The molecule has 1 heterocycles. The van der Waals surface area contributed by atoms with E-state index in [1.165, 1.54) is 25.7 Å². The van der Waals surface area contributed by atoms with Gasteiger partial charge in [0.15, 0.2) is 0 Å². The summed E-state index contributed by atoms with van der Waals surface area (Å²) in [4.78, 5) is 2.01. The van der Waals surface area contributed by atoms with Gasteiger partial charge in [0.1, 0.15) is 0 Å². The van der Waals surface area contributed by atoms with E-state index in [4.69, 9.17) is 0 Å². The number of rotatable bonds is 0. The minimum absolute atomic E-state index is 1.01. The minimum atomic E-state index is -2.05. The van der Waals surface area contributed by atoms with Gasteiger partial charge >= 0.3 is 55.6 Å². The molecule has 8 heavy (non-hydrogen) atoms. The van der Waals surface area contributed by atoms with Crippen molar-refractivity contribution in [2.24, 2.45) is 0 Å². The van der Waals surface area contributed by atoms with Crippen LogP contribution in [0.3, 0.4) is 0 Å². The number of hydrogen-bond acceptors (Lipinski definition) is 0. The maximum absolute atomic E-state index is 12.6. The molecule has 1 saturated heterocycles. The summed E-state index contributed by atoms with van der Waals surface area (Å²) < 4.78 is 12.6. The molecule has 0 aliphatic carbocycles. The predicted octanol–water partition coefficient (Wildman–Crippen LogP) is 2.52. The molecule has 0 spiro atoms. The van der Waals surface area contributed by atoms with Crippen LogP contribution in [0.4, 0.5) is 3.29 Å². The zero-order valence-corrected chi connectivity index (χ0v) is 7.62. The molecule has 0 amide bonds. The molecule has 0 aromatic carbocycles. The van der Waals surface area contributed by atoms with Crippen molar-refractivity contribution in [2.45, 2.75) is 35.6 Å². The van der Waals surface area contributed by atoms with Crippen LogP contribution in [0.2, 0.25) is 9.95 Å². The van der Waals surface area contributed by atoms with Crippen LogP contribution in [-0.2, 0) is 0 Å². The molecule has 46 valence electrons. The van der Waals surface area contributed by atoms with E-state index in [9.17, 15) is 3.29 Å². The maximum atomic E-state index is 12.6. The van der Waals surface area contributed by atoms with Crippen molar-refractivity contribution in [1.29, 1.82) is 0 Å². The van der Waals surface area contributed by atoms with Gasteiger partial charge in [0.25, 0.3) is 0 Å². The first-order valence-corrected chi connectivity index (χ1v) is 7.88. The zero-order valence-electron chi connectivity index (χ0n) is 5.20. The van der Waals surface area contributed by atoms with Crippen molar-refractivity contribution >= 4 is 16.7 Å². The van der Waals surface area contributed by atoms with Crippen LogP contribution in [0.1, 0.15) is 25.7 Å². The van der Waals surface area contributed by atoms with Crippen molar-refractivity contribution in [3.63, 3.8) is 0 Å². The average Bonchev–Trinajstić information content (AvgIpc) is 1.94. The van der Waals surface area contributed by atoms with Gasteiger partial charge in [-0.1, -0.05) is 0 Å². The molecule has 0 radical (unpaired) electrons. The van der Waals surface area contributed by atoms with Crippen molar-refractivity contribution in [3.05, 3.63) is 0 Å². The summed E-state index contributed by atoms with van der Waals surface area (Å²) in [5, 5.41) is 0. The Hall–Kier alpha value is 0.566. The molecule has 0 aromatic heterocycles. The Morgan fingerprint density at radius 2 is 1.38 bits per heavy atom. The van der Waals surface area contributed by atoms with Crippen LogP contribution in [0.25, 0.3) is 0 Å². The molecule has 1 fully saturated rings. The van der Waals surface area contributed by atoms with E-state index in [-0.39, 0.29) is 0 Å². The summed E-state index contributed by atoms with van der Waals surface area (Å²) >= 11 is -2.05. The topological polar surface area (TPSA) is 0 Å². The molecular formula is C6H12FGa. The predicted molar refractivity (Wildman–Crippen MR) is 34.9 cm³/mol. The summed E-state index contributed by atoms with van der Waals surface area (Å²) in [5.74, 6) is 0. The van der Waals surface area contributed by atoms with E-state index >= 15 is 0 Å². The van der Waals surface area contributed by atoms with Crippen LogP contribution in [-0.4, -0.2) is 16.7 Å². The fourth-order valence-electron chi connectivity index (χ4n) is 1.23. The van der Waals surface area contributed by atoms with Gasteiger partial charge in [0, 0.05) is 0 Å². The van der Waals surface area contributed by atoms with Gasteiger partial charge in [-0.3, -0.25) is 0 Å². The number of hydrogen-bond donors (Lipinski definition) is 0. The summed E-state index contributed by atoms with van der Waals surface area (Å²) in [7, 11) is 0. The molecule has 0 aromatic rings. The van der Waals surface area contributed by atoms with E-state index in [1.54, 1.807) is 0 Å². The average molecular weight is 173 g/mol. The van der Waals surface area contributed by atoms with Gasteiger partial charge in [-0.25, -0.2) is 0 Å². The van der Waals surface area contributed by atoms with E-state index in [2.05, 4.69) is 0 Å². The first kappa shape index (κ1) is 6.68. The molecule has 0 nitrogen and oxygen atoms in total. The third-order valence-electron chi connectivity index (χ3n) is 1.78. The van der Waals surface area contributed by atoms with Crippen molar-refractivity contribution in [3.8, 4) is 0 Å². The van der Waals surface area contributed by atoms with Gasteiger partial charge in [0.05, 0.1) is 0 Å². The van der Waals surface area contributed by atoms with E-state index in [0.29, 0.717) is 0 Å². The van der Waals surface area contributed by atoms with Crippen LogP contribution < -0.4 is 0 Å². The van der Waals surface area contributed by atoms with Gasteiger partial charge in [0.2, 0.25) is 0 Å². The Morgan fingerprint density at radius 1 is 0.875 bits per heavy atom. The van der Waals surface area contributed by atoms with Crippen molar-refractivity contribution in [1.82, 2.24) is 0 Å². The first-order valence-electron chi connectivity index (χ1n) is 3.53. The molecule has 2 heteroatoms. The quantitative estimate of drug-likeness (QED) is 0.493. The van der Waals surface area contributed by atoms with Crippen molar-refractivity contribution in [2.75, 3.05) is 0 Å². The summed E-state index contributed by atoms with van der Waals surface area (Å²) in [6.07, 6.45) is 4.99. The Bertz CT molecular complexity index is 57.5. The zero-order chi connectivity index (χ0) is 5.82. The standard InChI is InChI=1S/C6H12.FH.Ga/c1-3-5-6-4-2;;/h1-6H2;1H;/q;;+1/p-1. The van der Waals surface area contributed by atoms with E-state index in [0.717, 1.165) is 9.95 Å². The van der Waals surface area contributed by atoms with Gasteiger partial charge in [-0.05, 0) is 0 Å². The molecule has 0 unspecified atom stereocenters. The van der Waals surface area contributed by atoms with E-state index in [1.807, 2.05) is 0 Å². The fraction of sp³-hybridized carbons (Fsp3) is 1.00. The molecular weight excluding hydrogens is 161 g/mol. The SMILES string of the molecule is [F][Ga]1[CH2]CCCC[CH2]1. The molecule has 0 saturated carbocycles. The normalized spacial score (nSPS) is 22.9. The van der Waals surface area contributed by atoms with Crippen LogP contribution in [0.15, 0.2) is 0 Å². The monoisotopic (exact) mass is 172 g/mol. The Balaban J connectivity index is 2.17. The van der Waals surface area contributed by atoms with Crippen LogP contribution >= 0.6 is 0 Å². The second kappa shape index (κ2) is 3.56. The summed E-state index contributed by atoms with van der Waals surface area (Å²) in [6, 6.07) is 0. The van der Waals surface area contributed by atoms with Crippen LogP contribution in [0.5, 0.6) is 0 Å². The Labute approximate surface area is 56.1 Å². The molecule has 0 bridgehead atoms. The van der Waals surface area contributed by atoms with Gasteiger partial charge < -0.3 is 0 Å². The summed E-state index contributed by atoms with van der Waals surface area (Å²) in [5.41, 5.74) is 0. The van der Waals surface area contributed by atoms with E-state index < -0.39 is 16.7 Å². The number of halogens is 1. The molecule has 1 rings (SSSR count). The first-order chi connectivity index (χ1) is 3.89. The van der Waals surface area contributed by atoms with Gasteiger partial charge in [-0.15, -0.1) is 0 Å². The molecule has 1 aliphatic rings. The Morgan fingerprint density at radius 3 is 1.88 bits per heavy atom. The third-order valence-corrected chi connectivity index (χ3v) is 6.13. The second-order valence-electron chi connectivity index (χ2n) is 2.59. The van der Waals surface area contributed by atoms with Crippen LogP contribution in [0, 0.1) is 0 Å². The van der Waals surface area contributed by atoms with Gasteiger partial charge in [-0.2, -0.15) is 0 Å². The molecule has 0 N–H and O–H groups in total. The molecule has 1 aliphatic heterocycles. The third kappa shape index (κ3) is 2.22. The summed E-state index contributed by atoms with van der Waals surface area (Å²) in [6.45, 7) is 0. The second-order valence-corrected chi connectivity index (χ2v) is 7.52. The fourth-order valence-corrected chi connectivity index (χ4v) is 4.91. The molecule has 0 atom stereocenters.